The van der Waals surface area contributed by atoms with Crippen LogP contribution in [0.3, 0.4) is 0 Å². The van der Waals surface area contributed by atoms with Crippen LogP contribution in [0, 0.1) is 0 Å². The fourth-order valence-electron chi connectivity index (χ4n) is 5.08. The zero-order valence-electron chi connectivity index (χ0n) is 19.5. The molecule has 2 aliphatic rings. The molecule has 7 nitrogen and oxygen atoms in total. The Balaban J connectivity index is 1.46. The van der Waals surface area contributed by atoms with Crippen molar-refractivity contribution in [2.75, 3.05) is 19.6 Å². The van der Waals surface area contributed by atoms with Gasteiger partial charge in [0.15, 0.2) is 0 Å². The predicted octanol–water partition coefficient (Wildman–Crippen LogP) is 3.55. The molecule has 2 fully saturated rings. The van der Waals surface area contributed by atoms with Crippen LogP contribution in [-0.2, 0) is 22.6 Å². The molecule has 8 heteroatoms. The van der Waals surface area contributed by atoms with Gasteiger partial charge in [-0.1, -0.05) is 58.4 Å². The van der Waals surface area contributed by atoms with Crippen molar-refractivity contribution in [1.82, 2.24) is 14.7 Å². The molecule has 2 N–H and O–H groups in total. The Bertz CT molecular complexity index is 1040. The average molecular weight is 527 g/mol. The minimum Gasteiger partial charge on any atom is -0.368 e. The van der Waals surface area contributed by atoms with Crippen molar-refractivity contribution in [2.45, 2.75) is 50.7 Å². The Morgan fingerprint density at radius 3 is 2.29 bits per heavy atom. The molecular formula is C26H31BrN4O3. The average Bonchev–Trinajstić information content (AvgIpc) is 3.03. The summed E-state index contributed by atoms with van der Waals surface area (Å²) in [6.07, 6.45) is 3.03. The molecule has 4 amide bonds. The summed E-state index contributed by atoms with van der Waals surface area (Å²) in [7, 11) is 0. The Labute approximate surface area is 209 Å². The number of amides is 4. The van der Waals surface area contributed by atoms with E-state index < -0.39 is 23.5 Å². The number of carbonyl (C=O) groups excluding carboxylic acids is 3. The summed E-state index contributed by atoms with van der Waals surface area (Å²) in [6, 6.07) is 16.6. The maximum Gasteiger partial charge on any atom is 0.328 e. The molecule has 0 bridgehead atoms. The highest BCUT2D eigenvalue weighted by Gasteiger charge is 2.59. The van der Waals surface area contributed by atoms with Gasteiger partial charge in [-0.05, 0) is 62.4 Å². The first-order valence-corrected chi connectivity index (χ1v) is 12.6. The normalized spacial score (nSPS) is 19.1. The van der Waals surface area contributed by atoms with Gasteiger partial charge >= 0.3 is 6.03 Å². The first-order valence-electron chi connectivity index (χ1n) is 11.8. The Hall–Kier alpha value is -2.71. The summed E-state index contributed by atoms with van der Waals surface area (Å²) < 4.78 is 0.926. The summed E-state index contributed by atoms with van der Waals surface area (Å²) in [5.41, 5.74) is 6.75. The fourth-order valence-corrected chi connectivity index (χ4v) is 5.35. The molecule has 0 aromatic heterocycles. The number of imide groups is 1. The molecule has 2 aromatic rings. The zero-order chi connectivity index (χ0) is 24.3. The van der Waals surface area contributed by atoms with Gasteiger partial charge in [0, 0.05) is 17.6 Å². The number of rotatable bonds is 8. The lowest BCUT2D eigenvalue weighted by Crippen LogP contribution is -2.61. The van der Waals surface area contributed by atoms with Crippen molar-refractivity contribution in [2.24, 2.45) is 5.73 Å². The third-order valence-corrected chi connectivity index (χ3v) is 7.59. The minimum atomic E-state index is -1.02. The van der Waals surface area contributed by atoms with Crippen LogP contribution in [0.5, 0.6) is 0 Å². The number of likely N-dealkylation sites (tertiary alicyclic amines) is 1. The summed E-state index contributed by atoms with van der Waals surface area (Å²) in [5.74, 6) is -0.825. The van der Waals surface area contributed by atoms with Crippen LogP contribution in [0.1, 0.15) is 37.3 Å². The van der Waals surface area contributed by atoms with E-state index in [0.717, 1.165) is 29.4 Å². The highest BCUT2D eigenvalue weighted by Crippen LogP contribution is 2.39. The molecule has 4 rings (SSSR count). The molecular weight excluding hydrogens is 496 g/mol. The van der Waals surface area contributed by atoms with Crippen LogP contribution in [0.25, 0.3) is 0 Å². The van der Waals surface area contributed by atoms with Crippen molar-refractivity contribution in [3.8, 4) is 0 Å². The number of benzene rings is 2. The maximum atomic E-state index is 13.7. The van der Waals surface area contributed by atoms with E-state index in [-0.39, 0.29) is 12.5 Å². The van der Waals surface area contributed by atoms with Gasteiger partial charge in [0.25, 0.3) is 5.91 Å². The Kier molecular flexibility index (Phi) is 7.38. The lowest BCUT2D eigenvalue weighted by atomic mass is 9.84. The van der Waals surface area contributed by atoms with Crippen molar-refractivity contribution in [3.63, 3.8) is 0 Å². The number of nitrogens with zero attached hydrogens (tertiary/aromatic N) is 3. The van der Waals surface area contributed by atoms with Gasteiger partial charge in [-0.25, -0.2) is 4.79 Å². The molecule has 34 heavy (non-hydrogen) atoms. The van der Waals surface area contributed by atoms with Crippen molar-refractivity contribution >= 4 is 33.8 Å². The van der Waals surface area contributed by atoms with Crippen LogP contribution in [-0.4, -0.2) is 63.8 Å². The second-order valence-corrected chi connectivity index (χ2v) is 10.1. The largest absolute Gasteiger partial charge is 0.368 e. The topological polar surface area (TPSA) is 87.0 Å². The third kappa shape index (κ3) is 4.88. The van der Waals surface area contributed by atoms with E-state index in [1.807, 2.05) is 30.3 Å². The Morgan fingerprint density at radius 2 is 1.68 bits per heavy atom. The van der Waals surface area contributed by atoms with E-state index in [0.29, 0.717) is 25.9 Å². The van der Waals surface area contributed by atoms with E-state index in [1.54, 1.807) is 6.92 Å². The molecule has 0 aliphatic carbocycles. The van der Waals surface area contributed by atoms with Gasteiger partial charge in [0.2, 0.25) is 5.91 Å². The standard InChI is InChI=1S/C26H31BrN4O3/c1-19(23(28)32)31-25(34)30(18-21-9-11-22(27)12-10-21)24(33)26(31)13-16-29(17-14-26)15-5-8-20-6-3-2-4-7-20/h2-4,6-7,9-12,19H,5,8,13-18H2,1H3,(H2,28,32)/t19-/m0/s1. The number of carbonyl (C=O) groups is 3. The molecule has 0 saturated carbocycles. The van der Waals surface area contributed by atoms with Crippen LogP contribution in [0.15, 0.2) is 59.1 Å². The number of urea groups is 1. The van der Waals surface area contributed by atoms with Crippen LogP contribution < -0.4 is 5.73 Å². The van der Waals surface area contributed by atoms with E-state index in [1.165, 1.54) is 15.4 Å². The SMILES string of the molecule is C[C@@H](C(N)=O)N1C(=O)N(Cc2ccc(Br)cc2)C(=O)C12CCN(CCCc1ccccc1)CC2. The van der Waals surface area contributed by atoms with Gasteiger partial charge in [0.05, 0.1) is 6.54 Å². The van der Waals surface area contributed by atoms with E-state index >= 15 is 0 Å². The van der Waals surface area contributed by atoms with Gasteiger partial charge in [0.1, 0.15) is 11.6 Å². The number of nitrogens with two attached hydrogens (primary N) is 1. The maximum absolute atomic E-state index is 13.7. The summed E-state index contributed by atoms with van der Waals surface area (Å²) in [4.78, 5) is 44.3. The number of hydrogen-bond donors (Lipinski definition) is 1. The minimum absolute atomic E-state index is 0.176. The smallest absolute Gasteiger partial charge is 0.328 e. The second kappa shape index (κ2) is 10.3. The van der Waals surface area contributed by atoms with E-state index in [4.69, 9.17) is 5.73 Å². The summed E-state index contributed by atoms with van der Waals surface area (Å²) in [6.45, 7) is 4.12. The molecule has 2 heterocycles. The van der Waals surface area contributed by atoms with Crippen LogP contribution in [0.2, 0.25) is 0 Å². The van der Waals surface area contributed by atoms with Crippen molar-refractivity contribution < 1.29 is 14.4 Å². The van der Waals surface area contributed by atoms with Crippen molar-refractivity contribution in [3.05, 3.63) is 70.2 Å². The quantitative estimate of drug-likeness (QED) is 0.532. The summed E-state index contributed by atoms with van der Waals surface area (Å²) in [5, 5.41) is 0. The molecule has 0 unspecified atom stereocenters. The van der Waals surface area contributed by atoms with Gasteiger partial charge in [-0.3, -0.25) is 19.4 Å². The molecule has 2 aliphatic heterocycles. The number of primary amides is 1. The van der Waals surface area contributed by atoms with Gasteiger partial charge < -0.3 is 10.6 Å². The fraction of sp³-hybridized carbons (Fsp3) is 0.423. The van der Waals surface area contributed by atoms with Gasteiger partial charge in [-0.15, -0.1) is 0 Å². The molecule has 2 aromatic carbocycles. The predicted molar refractivity (Wildman–Crippen MR) is 134 cm³/mol. The van der Waals surface area contributed by atoms with E-state index in [9.17, 15) is 14.4 Å². The van der Waals surface area contributed by atoms with Crippen LogP contribution >= 0.6 is 15.9 Å². The van der Waals surface area contributed by atoms with Crippen molar-refractivity contribution in [1.29, 1.82) is 0 Å². The lowest BCUT2D eigenvalue weighted by Gasteiger charge is -2.43. The molecule has 1 atom stereocenters. The monoisotopic (exact) mass is 526 g/mol. The highest BCUT2D eigenvalue weighted by molar-refractivity contribution is 9.10. The molecule has 0 radical (unpaired) electrons. The zero-order valence-corrected chi connectivity index (χ0v) is 21.0. The number of aryl methyl sites for hydroxylation is 1. The summed E-state index contributed by atoms with van der Waals surface area (Å²) >= 11 is 3.41. The lowest BCUT2D eigenvalue weighted by molar-refractivity contribution is -0.137. The molecule has 1 spiro atoms. The molecule has 180 valence electrons. The second-order valence-electron chi connectivity index (χ2n) is 9.21. The number of halogens is 1. The van der Waals surface area contributed by atoms with Gasteiger partial charge in [-0.2, -0.15) is 0 Å². The first kappa shape index (κ1) is 24.4. The van der Waals surface area contributed by atoms with E-state index in [2.05, 4.69) is 45.1 Å². The number of hydrogen-bond acceptors (Lipinski definition) is 4. The molecule has 2 saturated heterocycles. The van der Waals surface area contributed by atoms with Crippen LogP contribution in [0.4, 0.5) is 4.79 Å². The number of piperidine rings is 1. The Morgan fingerprint density at radius 1 is 1.03 bits per heavy atom. The highest BCUT2D eigenvalue weighted by atomic mass is 79.9. The first-order chi connectivity index (χ1) is 16.3. The third-order valence-electron chi connectivity index (χ3n) is 7.06.